The number of hydrogen-bond acceptors (Lipinski definition) is 9. The van der Waals surface area contributed by atoms with Crippen LogP contribution >= 0.6 is 11.8 Å². The van der Waals surface area contributed by atoms with Gasteiger partial charge in [0.25, 0.3) is 10.1 Å². The van der Waals surface area contributed by atoms with Gasteiger partial charge in [0.05, 0.1) is 22.8 Å². The van der Waals surface area contributed by atoms with E-state index in [0.717, 1.165) is 21.2 Å². The van der Waals surface area contributed by atoms with Gasteiger partial charge in [0.15, 0.2) is 5.82 Å². The molecule has 0 atom stereocenters. The third kappa shape index (κ3) is 8.81. The average Bonchev–Trinajstić information content (AvgIpc) is 3.38. The molecule has 0 saturated carbocycles. The molecule has 4 aromatic rings. The number of nitriles is 1. The maximum absolute atomic E-state index is 12.2. The molecule has 0 aliphatic heterocycles. The normalized spacial score (nSPS) is 11.8. The number of para-hydroxylation sites is 1. The monoisotopic (exact) mass is 659 g/mol. The number of anilines is 2. The van der Waals surface area contributed by atoms with E-state index in [2.05, 4.69) is 21.6 Å². The fraction of sp³-hybridized carbons (Fsp3) is 0.303. The quantitative estimate of drug-likeness (QED) is 0.116. The smallest absolute Gasteiger partial charge is 0.264 e. The Morgan fingerprint density at radius 2 is 1.78 bits per heavy atom. The van der Waals surface area contributed by atoms with Gasteiger partial charge in [-0.15, -0.1) is 10.2 Å². The third-order valence-electron chi connectivity index (χ3n) is 6.87. The van der Waals surface area contributed by atoms with Crippen molar-refractivity contribution in [2.75, 3.05) is 29.1 Å². The lowest BCUT2D eigenvalue weighted by Gasteiger charge is -2.24. The standard InChI is InChI=1S/C33H37N7O4S2/c1-6-39(19-12-20-46(42,43)44)24-17-18-27(28(21-24)35-23(2)41)36-37-32-26(22-34)31(33(3,4)5)38-40(32)29-15-10-11-16-30(29)45-25-13-8-7-9-14-25/h7-11,13-18,21H,6,12,19-20H2,1-5H3,(H,35,41)(H,42,43,44). The first-order valence-electron chi connectivity index (χ1n) is 14.7. The second-order valence-corrected chi connectivity index (χ2v) is 14.2. The van der Waals surface area contributed by atoms with Gasteiger partial charge in [-0.25, -0.2) is 4.68 Å². The van der Waals surface area contributed by atoms with Crippen molar-refractivity contribution in [3.05, 3.63) is 84.1 Å². The predicted molar refractivity (Wildman–Crippen MR) is 181 cm³/mol. The summed E-state index contributed by atoms with van der Waals surface area (Å²) >= 11 is 1.57. The minimum absolute atomic E-state index is 0.227. The molecule has 11 nitrogen and oxygen atoms in total. The zero-order chi connectivity index (χ0) is 33.5. The number of nitrogens with one attached hydrogen (secondary N) is 1. The average molecular weight is 660 g/mol. The van der Waals surface area contributed by atoms with Crippen molar-refractivity contribution in [1.29, 1.82) is 5.26 Å². The van der Waals surface area contributed by atoms with Crippen LogP contribution in [0, 0.1) is 11.3 Å². The van der Waals surface area contributed by atoms with Gasteiger partial charge < -0.3 is 10.2 Å². The molecule has 13 heteroatoms. The zero-order valence-corrected chi connectivity index (χ0v) is 28.1. The minimum atomic E-state index is -4.07. The molecule has 0 aliphatic rings. The number of hydrogen-bond donors (Lipinski definition) is 2. The SMILES string of the molecule is CCN(CCCS(=O)(=O)O)c1ccc(N=Nc2c(C#N)c(C(C)(C)C)nn2-c2ccccc2Sc2ccccc2)c(NC(C)=O)c1. The molecule has 4 rings (SSSR count). The Hall–Kier alpha value is -4.51. The minimum Gasteiger partial charge on any atom is -0.372 e. The van der Waals surface area contributed by atoms with Crippen LogP contribution in [0.25, 0.3) is 5.69 Å². The second-order valence-electron chi connectivity index (χ2n) is 11.5. The number of amides is 1. The number of benzene rings is 3. The maximum Gasteiger partial charge on any atom is 0.264 e. The predicted octanol–water partition coefficient (Wildman–Crippen LogP) is 7.67. The largest absolute Gasteiger partial charge is 0.372 e. The molecular weight excluding hydrogens is 623 g/mol. The van der Waals surface area contributed by atoms with Crippen molar-refractivity contribution in [1.82, 2.24) is 9.78 Å². The molecule has 0 aliphatic carbocycles. The van der Waals surface area contributed by atoms with Crippen LogP contribution in [0.1, 0.15) is 52.3 Å². The van der Waals surface area contributed by atoms with E-state index in [-0.39, 0.29) is 23.9 Å². The van der Waals surface area contributed by atoms with Crippen molar-refractivity contribution in [2.24, 2.45) is 10.2 Å². The van der Waals surface area contributed by atoms with Gasteiger partial charge in [0.1, 0.15) is 17.3 Å². The summed E-state index contributed by atoms with van der Waals surface area (Å²) < 4.78 is 33.2. The number of carbonyl (C=O) groups excluding carboxylic acids is 1. The van der Waals surface area contributed by atoms with E-state index < -0.39 is 15.5 Å². The van der Waals surface area contributed by atoms with Crippen LogP contribution in [-0.4, -0.2) is 47.5 Å². The van der Waals surface area contributed by atoms with E-state index in [4.69, 9.17) is 9.65 Å². The van der Waals surface area contributed by atoms with Gasteiger partial charge >= 0.3 is 0 Å². The summed E-state index contributed by atoms with van der Waals surface area (Å²) in [6.07, 6.45) is 0.227. The molecule has 0 fully saturated rings. The lowest BCUT2D eigenvalue weighted by atomic mass is 9.90. The van der Waals surface area contributed by atoms with Crippen molar-refractivity contribution in [2.45, 2.75) is 56.2 Å². The summed E-state index contributed by atoms with van der Waals surface area (Å²) in [5, 5.41) is 27.1. The van der Waals surface area contributed by atoms with Crippen molar-refractivity contribution >= 4 is 50.7 Å². The number of azo groups is 1. The summed E-state index contributed by atoms with van der Waals surface area (Å²) in [5.74, 6) is -0.410. The van der Waals surface area contributed by atoms with Crippen LogP contribution in [-0.2, 0) is 20.3 Å². The van der Waals surface area contributed by atoms with Crippen molar-refractivity contribution < 1.29 is 17.8 Å². The fourth-order valence-electron chi connectivity index (χ4n) is 4.74. The van der Waals surface area contributed by atoms with Crippen LogP contribution in [0.5, 0.6) is 0 Å². The first-order valence-corrected chi connectivity index (χ1v) is 17.1. The highest BCUT2D eigenvalue weighted by atomic mass is 32.2. The first kappa shape index (κ1) is 34.4. The Morgan fingerprint density at radius 1 is 1.09 bits per heavy atom. The number of carbonyl (C=O) groups is 1. The van der Waals surface area contributed by atoms with Crippen molar-refractivity contribution in [3.8, 4) is 11.8 Å². The highest BCUT2D eigenvalue weighted by Gasteiger charge is 2.28. The molecule has 3 aromatic carbocycles. The maximum atomic E-state index is 12.2. The number of nitrogens with zero attached hydrogens (tertiary/aromatic N) is 6. The molecule has 1 heterocycles. The molecule has 0 radical (unpaired) electrons. The van der Waals surface area contributed by atoms with Crippen molar-refractivity contribution in [3.63, 3.8) is 0 Å². The van der Waals surface area contributed by atoms with E-state index in [9.17, 15) is 18.5 Å². The van der Waals surface area contributed by atoms with E-state index in [1.165, 1.54) is 6.92 Å². The Morgan fingerprint density at radius 3 is 2.41 bits per heavy atom. The Kier molecular flexibility index (Phi) is 11.0. The second kappa shape index (κ2) is 14.7. The molecule has 0 saturated heterocycles. The summed E-state index contributed by atoms with van der Waals surface area (Å²) in [7, 11) is -4.07. The molecule has 240 valence electrons. The summed E-state index contributed by atoms with van der Waals surface area (Å²) in [5.41, 5.74) is 2.61. The Labute approximate surface area is 274 Å². The van der Waals surface area contributed by atoms with Crippen LogP contribution in [0.3, 0.4) is 0 Å². The van der Waals surface area contributed by atoms with Gasteiger partial charge in [-0.3, -0.25) is 9.35 Å². The molecule has 1 amide bonds. The molecule has 1 aromatic heterocycles. The fourth-order valence-corrected chi connectivity index (χ4v) is 6.18. The highest BCUT2D eigenvalue weighted by molar-refractivity contribution is 7.99. The Bertz CT molecular complexity index is 1880. The van der Waals surface area contributed by atoms with Crippen LogP contribution in [0.15, 0.2) is 92.8 Å². The molecule has 0 bridgehead atoms. The topological polar surface area (TPSA) is 153 Å². The van der Waals surface area contributed by atoms with E-state index in [1.807, 2.05) is 87.2 Å². The molecule has 0 spiro atoms. The van der Waals surface area contributed by atoms with Gasteiger partial charge in [-0.1, -0.05) is 62.9 Å². The van der Waals surface area contributed by atoms with Gasteiger partial charge in [-0.2, -0.15) is 18.8 Å². The zero-order valence-electron chi connectivity index (χ0n) is 26.4. The lowest BCUT2D eigenvalue weighted by Crippen LogP contribution is -2.25. The van der Waals surface area contributed by atoms with Crippen LogP contribution in [0.4, 0.5) is 22.9 Å². The highest BCUT2D eigenvalue weighted by Crippen LogP contribution is 2.39. The van der Waals surface area contributed by atoms with E-state index >= 15 is 0 Å². The first-order chi connectivity index (χ1) is 21.8. The molecular formula is C33H37N7O4S2. The third-order valence-corrected chi connectivity index (χ3v) is 8.75. The summed E-state index contributed by atoms with van der Waals surface area (Å²) in [6.45, 7) is 10.2. The van der Waals surface area contributed by atoms with Gasteiger partial charge in [-0.05, 0) is 55.8 Å². The molecule has 2 N–H and O–H groups in total. The number of aromatic nitrogens is 2. The van der Waals surface area contributed by atoms with Crippen LogP contribution < -0.4 is 10.2 Å². The lowest BCUT2D eigenvalue weighted by molar-refractivity contribution is -0.114. The summed E-state index contributed by atoms with van der Waals surface area (Å²) in [4.78, 5) is 16.0. The van der Waals surface area contributed by atoms with Gasteiger partial charge in [0.2, 0.25) is 5.91 Å². The van der Waals surface area contributed by atoms with Crippen LogP contribution in [0.2, 0.25) is 0 Å². The molecule has 46 heavy (non-hydrogen) atoms. The number of rotatable bonds is 12. The van der Waals surface area contributed by atoms with E-state index in [0.29, 0.717) is 35.7 Å². The van der Waals surface area contributed by atoms with E-state index in [1.54, 1.807) is 34.6 Å². The Balaban J connectivity index is 1.80. The summed E-state index contributed by atoms with van der Waals surface area (Å²) in [6, 6.07) is 25.2. The molecule has 0 unspecified atom stereocenters. The van der Waals surface area contributed by atoms with Gasteiger partial charge in [0, 0.05) is 40.9 Å².